The summed E-state index contributed by atoms with van der Waals surface area (Å²) < 4.78 is 15.2. The summed E-state index contributed by atoms with van der Waals surface area (Å²) >= 11 is 0. The topological polar surface area (TPSA) is 93.2 Å². The number of aryl methyl sites for hydroxylation is 1. The van der Waals surface area contributed by atoms with Crippen LogP contribution in [0.2, 0.25) is 0 Å². The van der Waals surface area contributed by atoms with Gasteiger partial charge in [0.2, 0.25) is 0 Å². The molecule has 0 amide bonds. The standard InChI is InChI=1S/C13H15FN4O2/c1-18-5-3-8(17-18)2-4-16-12-7-10(14)9(13(19)20)6-11(12)15/h3,5-7,16H,2,4,15H2,1H3,(H,19,20). The molecule has 0 spiro atoms. The Morgan fingerprint density at radius 2 is 2.30 bits per heavy atom. The predicted molar refractivity (Wildman–Crippen MR) is 73.2 cm³/mol. The van der Waals surface area contributed by atoms with Gasteiger partial charge in [0.25, 0.3) is 0 Å². The van der Waals surface area contributed by atoms with Gasteiger partial charge in [-0.1, -0.05) is 0 Å². The first-order valence-electron chi connectivity index (χ1n) is 6.02. The zero-order chi connectivity index (χ0) is 14.7. The van der Waals surface area contributed by atoms with Crippen molar-refractivity contribution in [2.75, 3.05) is 17.6 Å². The number of nitrogens with zero attached hydrogens (tertiary/aromatic N) is 2. The van der Waals surface area contributed by atoms with E-state index in [-0.39, 0.29) is 5.69 Å². The minimum Gasteiger partial charge on any atom is -0.478 e. The summed E-state index contributed by atoms with van der Waals surface area (Å²) in [4.78, 5) is 10.8. The highest BCUT2D eigenvalue weighted by Gasteiger charge is 2.13. The van der Waals surface area contributed by atoms with Gasteiger partial charge in [0.05, 0.1) is 22.6 Å². The Kier molecular flexibility index (Phi) is 3.88. The number of halogens is 1. The number of nitrogen functional groups attached to an aromatic ring is 1. The van der Waals surface area contributed by atoms with Crippen LogP contribution in [0.15, 0.2) is 24.4 Å². The van der Waals surface area contributed by atoms with Crippen LogP contribution >= 0.6 is 0 Å². The molecule has 1 aromatic carbocycles. The van der Waals surface area contributed by atoms with Crippen LogP contribution in [0.3, 0.4) is 0 Å². The van der Waals surface area contributed by atoms with E-state index in [1.807, 2.05) is 19.3 Å². The van der Waals surface area contributed by atoms with E-state index in [0.29, 0.717) is 18.7 Å². The summed E-state index contributed by atoms with van der Waals surface area (Å²) in [5.41, 5.74) is 6.75. The van der Waals surface area contributed by atoms with Crippen molar-refractivity contribution in [2.24, 2.45) is 7.05 Å². The van der Waals surface area contributed by atoms with E-state index >= 15 is 0 Å². The SMILES string of the molecule is Cn1ccc(CCNc2cc(F)c(C(=O)O)cc2N)n1. The van der Waals surface area contributed by atoms with Crippen LogP contribution in [-0.4, -0.2) is 27.4 Å². The Bertz CT molecular complexity index is 639. The number of aromatic nitrogens is 2. The Balaban J connectivity index is 2.03. The Morgan fingerprint density at radius 1 is 1.55 bits per heavy atom. The normalized spacial score (nSPS) is 10.5. The number of aromatic carboxylic acids is 1. The van der Waals surface area contributed by atoms with Crippen LogP contribution < -0.4 is 11.1 Å². The quantitative estimate of drug-likeness (QED) is 0.721. The first kappa shape index (κ1) is 13.9. The molecule has 0 aliphatic heterocycles. The van der Waals surface area contributed by atoms with Crippen molar-refractivity contribution in [1.82, 2.24) is 9.78 Å². The zero-order valence-corrected chi connectivity index (χ0v) is 10.9. The molecule has 20 heavy (non-hydrogen) atoms. The Hall–Kier alpha value is -2.57. The van der Waals surface area contributed by atoms with Gasteiger partial charge in [-0.15, -0.1) is 0 Å². The third-order valence-electron chi connectivity index (χ3n) is 2.84. The van der Waals surface area contributed by atoms with Gasteiger partial charge >= 0.3 is 5.97 Å². The number of rotatable bonds is 5. The van der Waals surface area contributed by atoms with Gasteiger partial charge in [-0.05, 0) is 18.2 Å². The maximum absolute atomic E-state index is 13.5. The van der Waals surface area contributed by atoms with Gasteiger partial charge in [0.1, 0.15) is 5.82 Å². The minimum atomic E-state index is -1.34. The molecule has 106 valence electrons. The van der Waals surface area contributed by atoms with E-state index in [2.05, 4.69) is 10.4 Å². The second-order valence-electron chi connectivity index (χ2n) is 4.38. The molecule has 0 unspecified atom stereocenters. The average molecular weight is 278 g/mol. The van der Waals surface area contributed by atoms with Gasteiger partial charge in [0.15, 0.2) is 0 Å². The Morgan fingerprint density at radius 3 is 2.90 bits per heavy atom. The number of carboxylic acids is 1. The van der Waals surface area contributed by atoms with Crippen molar-refractivity contribution in [3.63, 3.8) is 0 Å². The molecule has 0 aliphatic rings. The average Bonchev–Trinajstić information content (AvgIpc) is 2.78. The molecule has 2 rings (SSSR count). The molecule has 6 nitrogen and oxygen atoms in total. The first-order chi connectivity index (χ1) is 9.47. The molecule has 0 aliphatic carbocycles. The third kappa shape index (κ3) is 3.05. The third-order valence-corrected chi connectivity index (χ3v) is 2.84. The van der Waals surface area contributed by atoms with Gasteiger partial charge < -0.3 is 16.2 Å². The van der Waals surface area contributed by atoms with Crippen molar-refractivity contribution in [1.29, 1.82) is 0 Å². The van der Waals surface area contributed by atoms with E-state index in [0.717, 1.165) is 17.8 Å². The lowest BCUT2D eigenvalue weighted by Gasteiger charge is -2.10. The molecule has 0 atom stereocenters. The summed E-state index contributed by atoms with van der Waals surface area (Å²) in [6.07, 6.45) is 2.49. The van der Waals surface area contributed by atoms with Crippen LogP contribution in [0.25, 0.3) is 0 Å². The van der Waals surface area contributed by atoms with Crippen LogP contribution in [0, 0.1) is 5.82 Å². The lowest BCUT2D eigenvalue weighted by atomic mass is 10.1. The monoisotopic (exact) mass is 278 g/mol. The second kappa shape index (κ2) is 5.60. The maximum atomic E-state index is 13.5. The largest absolute Gasteiger partial charge is 0.478 e. The highest BCUT2D eigenvalue weighted by atomic mass is 19.1. The second-order valence-corrected chi connectivity index (χ2v) is 4.38. The number of nitrogens with one attached hydrogen (secondary N) is 1. The summed E-state index contributed by atoms with van der Waals surface area (Å²) in [6.45, 7) is 0.521. The van der Waals surface area contributed by atoms with Gasteiger partial charge in [0, 0.05) is 26.2 Å². The number of anilines is 2. The summed E-state index contributed by atoms with van der Waals surface area (Å²) in [6, 6.07) is 4.09. The molecule has 7 heteroatoms. The van der Waals surface area contributed by atoms with Crippen molar-refractivity contribution in [2.45, 2.75) is 6.42 Å². The maximum Gasteiger partial charge on any atom is 0.338 e. The van der Waals surface area contributed by atoms with E-state index in [4.69, 9.17) is 10.8 Å². The first-order valence-corrected chi connectivity index (χ1v) is 6.02. The molecule has 1 heterocycles. The summed E-state index contributed by atoms with van der Waals surface area (Å²) in [5.74, 6) is -2.15. The molecule has 0 saturated heterocycles. The summed E-state index contributed by atoms with van der Waals surface area (Å²) in [5, 5.41) is 16.0. The van der Waals surface area contributed by atoms with E-state index in [9.17, 15) is 9.18 Å². The van der Waals surface area contributed by atoms with E-state index in [1.54, 1.807) is 4.68 Å². The fourth-order valence-corrected chi connectivity index (χ4v) is 1.83. The van der Waals surface area contributed by atoms with Crippen LogP contribution in [0.4, 0.5) is 15.8 Å². The molecule has 0 bridgehead atoms. The zero-order valence-electron chi connectivity index (χ0n) is 10.9. The molecular formula is C13H15FN4O2. The predicted octanol–water partition coefficient (Wildman–Crippen LogP) is 1.49. The fourth-order valence-electron chi connectivity index (χ4n) is 1.83. The lowest BCUT2D eigenvalue weighted by molar-refractivity contribution is 0.0692. The molecule has 0 radical (unpaired) electrons. The Labute approximate surface area is 115 Å². The van der Waals surface area contributed by atoms with Crippen LogP contribution in [-0.2, 0) is 13.5 Å². The lowest BCUT2D eigenvalue weighted by Crippen LogP contribution is -2.10. The molecule has 0 fully saturated rings. The van der Waals surface area contributed by atoms with Crippen molar-refractivity contribution in [3.05, 3.63) is 41.5 Å². The molecule has 0 saturated carbocycles. The molecular weight excluding hydrogens is 263 g/mol. The van der Waals surface area contributed by atoms with E-state index in [1.165, 1.54) is 0 Å². The van der Waals surface area contributed by atoms with Crippen LogP contribution in [0.1, 0.15) is 16.1 Å². The van der Waals surface area contributed by atoms with Crippen molar-refractivity contribution in [3.8, 4) is 0 Å². The number of hydrogen-bond acceptors (Lipinski definition) is 4. The highest BCUT2D eigenvalue weighted by Crippen LogP contribution is 2.23. The molecule has 4 N–H and O–H groups in total. The van der Waals surface area contributed by atoms with Crippen molar-refractivity contribution < 1.29 is 14.3 Å². The minimum absolute atomic E-state index is 0.199. The van der Waals surface area contributed by atoms with Gasteiger partial charge in [-0.2, -0.15) is 5.10 Å². The van der Waals surface area contributed by atoms with Crippen LogP contribution in [0.5, 0.6) is 0 Å². The van der Waals surface area contributed by atoms with E-state index < -0.39 is 17.3 Å². The van der Waals surface area contributed by atoms with Crippen molar-refractivity contribution >= 4 is 17.3 Å². The van der Waals surface area contributed by atoms with Gasteiger partial charge in [-0.25, -0.2) is 9.18 Å². The molecule has 1 aromatic heterocycles. The molecule has 2 aromatic rings. The fraction of sp³-hybridized carbons (Fsp3) is 0.231. The number of carboxylic acid groups (broad SMARTS) is 1. The number of nitrogens with two attached hydrogens (primary N) is 1. The number of hydrogen-bond donors (Lipinski definition) is 3. The highest BCUT2D eigenvalue weighted by molar-refractivity contribution is 5.90. The summed E-state index contributed by atoms with van der Waals surface area (Å²) in [7, 11) is 1.83. The number of carbonyl (C=O) groups is 1. The smallest absolute Gasteiger partial charge is 0.338 e. The number of benzene rings is 1. The van der Waals surface area contributed by atoms with Gasteiger partial charge in [-0.3, -0.25) is 4.68 Å².